The molecule has 19 heavy (non-hydrogen) atoms. The molecule has 1 aromatic carbocycles. The van der Waals surface area contributed by atoms with Crippen LogP contribution in [0.4, 0.5) is 11.4 Å². The second-order valence-corrected chi connectivity index (χ2v) is 6.00. The van der Waals surface area contributed by atoms with Gasteiger partial charge in [-0.3, -0.25) is 10.1 Å². The van der Waals surface area contributed by atoms with Crippen molar-refractivity contribution < 1.29 is 18.4 Å². The quantitative estimate of drug-likeness (QED) is 0.452. The van der Waals surface area contributed by atoms with Crippen molar-refractivity contribution in [2.45, 2.75) is 17.9 Å². The Morgan fingerprint density at radius 1 is 1.53 bits per heavy atom. The Balaban J connectivity index is 3.36. The number of hydrogen-bond acceptors (Lipinski definition) is 6. The predicted molar refractivity (Wildman–Crippen MR) is 69.0 cm³/mol. The molecule has 1 rings (SSSR count). The van der Waals surface area contributed by atoms with Crippen LogP contribution in [0.25, 0.3) is 0 Å². The highest BCUT2D eigenvalue weighted by molar-refractivity contribution is 7.89. The van der Waals surface area contributed by atoms with Gasteiger partial charge in [-0.2, -0.15) is 4.31 Å². The summed E-state index contributed by atoms with van der Waals surface area (Å²) in [5.41, 5.74) is 5.12. The lowest BCUT2D eigenvalue weighted by Crippen LogP contribution is -2.37. The van der Waals surface area contributed by atoms with Gasteiger partial charge in [0.05, 0.1) is 17.2 Å². The van der Waals surface area contributed by atoms with Crippen molar-refractivity contribution in [3.63, 3.8) is 0 Å². The maximum Gasteiger partial charge on any atom is 0.270 e. The third kappa shape index (κ3) is 3.00. The first kappa shape index (κ1) is 15.3. The zero-order valence-corrected chi connectivity index (χ0v) is 11.3. The molecule has 3 N–H and O–H groups in total. The molecule has 0 fully saturated rings. The summed E-state index contributed by atoms with van der Waals surface area (Å²) in [7, 11) is -2.72. The van der Waals surface area contributed by atoms with Gasteiger partial charge >= 0.3 is 0 Å². The Labute approximate surface area is 110 Å². The summed E-state index contributed by atoms with van der Waals surface area (Å²) in [6.07, 6.45) is 0. The Kier molecular flexibility index (Phi) is 4.45. The van der Waals surface area contributed by atoms with Gasteiger partial charge in [-0.05, 0) is 13.0 Å². The fourth-order valence-electron chi connectivity index (χ4n) is 1.37. The minimum absolute atomic E-state index is 0.0809. The highest BCUT2D eigenvalue weighted by atomic mass is 32.2. The van der Waals surface area contributed by atoms with Gasteiger partial charge in [0.15, 0.2) is 0 Å². The number of sulfonamides is 1. The Morgan fingerprint density at radius 3 is 2.58 bits per heavy atom. The van der Waals surface area contributed by atoms with Crippen molar-refractivity contribution >= 4 is 21.4 Å². The molecular weight excluding hydrogens is 274 g/mol. The van der Waals surface area contributed by atoms with Gasteiger partial charge in [-0.15, -0.1) is 0 Å². The van der Waals surface area contributed by atoms with E-state index in [0.29, 0.717) is 0 Å². The third-order valence-corrected chi connectivity index (χ3v) is 4.78. The van der Waals surface area contributed by atoms with E-state index in [0.717, 1.165) is 16.4 Å². The van der Waals surface area contributed by atoms with Gasteiger partial charge < -0.3 is 10.8 Å². The van der Waals surface area contributed by atoms with E-state index in [4.69, 9.17) is 10.8 Å². The van der Waals surface area contributed by atoms with Gasteiger partial charge in [0.25, 0.3) is 5.69 Å². The number of rotatable bonds is 5. The van der Waals surface area contributed by atoms with Crippen molar-refractivity contribution in [3.05, 3.63) is 28.3 Å². The second-order valence-electron chi connectivity index (χ2n) is 4.03. The third-order valence-electron chi connectivity index (χ3n) is 2.75. The van der Waals surface area contributed by atoms with Crippen LogP contribution in [0, 0.1) is 10.1 Å². The molecule has 0 radical (unpaired) electrons. The predicted octanol–water partition coefficient (Wildman–Crippen LogP) is 0.178. The minimum Gasteiger partial charge on any atom is -0.398 e. The van der Waals surface area contributed by atoms with Crippen molar-refractivity contribution in [1.29, 1.82) is 0 Å². The number of aliphatic hydroxyl groups is 1. The normalized spacial score (nSPS) is 13.5. The molecule has 0 aliphatic heterocycles. The smallest absolute Gasteiger partial charge is 0.270 e. The summed E-state index contributed by atoms with van der Waals surface area (Å²) in [6, 6.07) is 2.54. The highest BCUT2D eigenvalue weighted by Gasteiger charge is 2.28. The SMILES string of the molecule is CC(CO)N(C)S(=O)(=O)c1cc([N+](=O)[O-])ccc1N. The van der Waals surface area contributed by atoms with E-state index in [1.165, 1.54) is 20.0 Å². The summed E-state index contributed by atoms with van der Waals surface area (Å²) < 4.78 is 25.4. The molecule has 8 nitrogen and oxygen atoms in total. The van der Waals surface area contributed by atoms with Crippen LogP contribution in [0.1, 0.15) is 6.92 Å². The molecule has 1 unspecified atom stereocenters. The van der Waals surface area contributed by atoms with Crippen LogP contribution in [0.3, 0.4) is 0 Å². The summed E-state index contributed by atoms with van der Waals surface area (Å²) in [6.45, 7) is 1.13. The molecule has 9 heteroatoms. The first-order valence-electron chi connectivity index (χ1n) is 5.34. The fourth-order valence-corrected chi connectivity index (χ4v) is 2.85. The van der Waals surface area contributed by atoms with Crippen LogP contribution >= 0.6 is 0 Å². The van der Waals surface area contributed by atoms with E-state index < -0.39 is 21.0 Å². The molecule has 0 aromatic heterocycles. The molecule has 0 saturated carbocycles. The number of non-ortho nitro benzene ring substituents is 1. The van der Waals surface area contributed by atoms with Gasteiger partial charge in [-0.25, -0.2) is 8.42 Å². The standard InChI is InChI=1S/C10H15N3O5S/c1-7(6-14)12(2)19(17,18)10-5-8(13(15)16)3-4-9(10)11/h3-5,7,14H,6,11H2,1-2H3. The summed E-state index contributed by atoms with van der Waals surface area (Å²) in [4.78, 5) is 9.62. The average molecular weight is 289 g/mol. The molecular formula is C10H15N3O5S. The van der Waals surface area contributed by atoms with E-state index in [2.05, 4.69) is 0 Å². The zero-order chi connectivity index (χ0) is 14.8. The summed E-state index contributed by atoms with van der Waals surface area (Å²) >= 11 is 0. The van der Waals surface area contributed by atoms with E-state index in [1.54, 1.807) is 0 Å². The Hall–Kier alpha value is -1.71. The van der Waals surface area contributed by atoms with Crippen LogP contribution in [-0.4, -0.2) is 42.4 Å². The van der Waals surface area contributed by atoms with E-state index in [-0.39, 0.29) is 22.9 Å². The number of nitrogens with two attached hydrogens (primary N) is 1. The fraction of sp³-hybridized carbons (Fsp3) is 0.400. The molecule has 1 aromatic rings. The number of nitrogens with zero attached hydrogens (tertiary/aromatic N) is 2. The number of nitrogen functional groups attached to an aromatic ring is 1. The van der Waals surface area contributed by atoms with E-state index in [9.17, 15) is 18.5 Å². The number of hydrogen-bond donors (Lipinski definition) is 2. The lowest BCUT2D eigenvalue weighted by Gasteiger charge is -2.23. The van der Waals surface area contributed by atoms with Crippen LogP contribution < -0.4 is 5.73 Å². The first-order valence-corrected chi connectivity index (χ1v) is 6.78. The van der Waals surface area contributed by atoms with Crippen molar-refractivity contribution in [3.8, 4) is 0 Å². The van der Waals surface area contributed by atoms with Gasteiger partial charge in [-0.1, -0.05) is 0 Å². The van der Waals surface area contributed by atoms with Crippen LogP contribution in [0.15, 0.2) is 23.1 Å². The molecule has 0 saturated heterocycles. The maximum absolute atomic E-state index is 12.2. The van der Waals surface area contributed by atoms with Crippen LogP contribution in [-0.2, 0) is 10.0 Å². The summed E-state index contributed by atoms with van der Waals surface area (Å²) in [5, 5.41) is 19.6. The van der Waals surface area contributed by atoms with Gasteiger partial charge in [0, 0.05) is 25.2 Å². The zero-order valence-electron chi connectivity index (χ0n) is 10.5. The van der Waals surface area contributed by atoms with Crippen molar-refractivity contribution in [2.24, 2.45) is 0 Å². The second kappa shape index (κ2) is 5.51. The van der Waals surface area contributed by atoms with Gasteiger partial charge in [0.2, 0.25) is 10.0 Å². The summed E-state index contributed by atoms with van der Waals surface area (Å²) in [5.74, 6) is 0. The number of benzene rings is 1. The molecule has 1 atom stereocenters. The Morgan fingerprint density at radius 2 is 2.11 bits per heavy atom. The number of nitro benzene ring substituents is 1. The maximum atomic E-state index is 12.2. The monoisotopic (exact) mass is 289 g/mol. The molecule has 0 bridgehead atoms. The molecule has 0 spiro atoms. The molecule has 0 aliphatic rings. The van der Waals surface area contributed by atoms with Crippen molar-refractivity contribution in [2.75, 3.05) is 19.4 Å². The lowest BCUT2D eigenvalue weighted by atomic mass is 10.3. The topological polar surface area (TPSA) is 127 Å². The van der Waals surface area contributed by atoms with Crippen LogP contribution in [0.5, 0.6) is 0 Å². The van der Waals surface area contributed by atoms with Crippen LogP contribution in [0.2, 0.25) is 0 Å². The highest BCUT2D eigenvalue weighted by Crippen LogP contribution is 2.27. The molecule has 0 aliphatic carbocycles. The van der Waals surface area contributed by atoms with E-state index >= 15 is 0 Å². The Bertz CT molecular complexity index is 587. The average Bonchev–Trinajstić information content (AvgIpc) is 2.36. The largest absolute Gasteiger partial charge is 0.398 e. The molecule has 0 heterocycles. The lowest BCUT2D eigenvalue weighted by molar-refractivity contribution is -0.385. The molecule has 0 amide bonds. The number of nitro groups is 1. The van der Waals surface area contributed by atoms with E-state index in [1.807, 2.05) is 0 Å². The minimum atomic E-state index is -3.99. The van der Waals surface area contributed by atoms with Gasteiger partial charge in [0.1, 0.15) is 4.90 Å². The van der Waals surface area contributed by atoms with Crippen molar-refractivity contribution in [1.82, 2.24) is 4.31 Å². The number of aliphatic hydroxyl groups excluding tert-OH is 1. The molecule has 106 valence electrons. The first-order chi connectivity index (χ1) is 8.71. The number of anilines is 1. The number of likely N-dealkylation sites (N-methyl/N-ethyl adjacent to an activating group) is 1.